The van der Waals surface area contributed by atoms with Crippen LogP contribution in [0.1, 0.15) is 38.2 Å². The fourth-order valence-electron chi connectivity index (χ4n) is 2.68. The van der Waals surface area contributed by atoms with Gasteiger partial charge < -0.3 is 10.1 Å². The Hall–Kier alpha value is -1.28. The van der Waals surface area contributed by atoms with E-state index in [-0.39, 0.29) is 0 Å². The van der Waals surface area contributed by atoms with E-state index in [2.05, 4.69) is 43.9 Å². The van der Waals surface area contributed by atoms with E-state index in [1.165, 1.54) is 11.1 Å². The molecule has 0 amide bonds. The fraction of sp³-hybridized carbons (Fsp3) is 0.500. The van der Waals surface area contributed by atoms with Crippen molar-refractivity contribution in [3.8, 4) is 5.75 Å². The second-order valence-corrected chi connectivity index (χ2v) is 5.06. The molecule has 1 aliphatic heterocycles. The van der Waals surface area contributed by atoms with Crippen molar-refractivity contribution >= 4 is 0 Å². The summed E-state index contributed by atoms with van der Waals surface area (Å²) < 4.78 is 5.73. The summed E-state index contributed by atoms with van der Waals surface area (Å²) in [5.74, 6) is 1.53. The lowest BCUT2D eigenvalue weighted by molar-refractivity contribution is 0.252. The van der Waals surface area contributed by atoms with Crippen LogP contribution < -0.4 is 10.1 Å². The minimum atomic E-state index is 0.356. The molecule has 1 heterocycles. The molecule has 1 aromatic rings. The molecule has 2 atom stereocenters. The van der Waals surface area contributed by atoms with Gasteiger partial charge in [-0.1, -0.05) is 37.3 Å². The average Bonchev–Trinajstić information content (AvgIpc) is 2.39. The smallest absolute Gasteiger partial charge is 0.122 e. The van der Waals surface area contributed by atoms with Gasteiger partial charge in [0.1, 0.15) is 5.75 Å². The lowest BCUT2D eigenvalue weighted by atomic mass is 9.83. The zero-order chi connectivity index (χ0) is 13.0. The van der Waals surface area contributed by atoms with E-state index in [1.54, 1.807) is 0 Å². The predicted octanol–water partition coefficient (Wildman–Crippen LogP) is 3.50. The number of hydrogen-bond donors (Lipinski definition) is 1. The minimum Gasteiger partial charge on any atom is -0.493 e. The van der Waals surface area contributed by atoms with Crippen molar-refractivity contribution in [2.45, 2.75) is 38.6 Å². The summed E-state index contributed by atoms with van der Waals surface area (Å²) in [6, 6.07) is 8.74. The molecule has 0 radical (unpaired) electrons. The number of fused-ring (bicyclic) bond motifs is 1. The summed E-state index contributed by atoms with van der Waals surface area (Å²) in [4.78, 5) is 0. The Bertz CT molecular complexity index is 413. The lowest BCUT2D eigenvalue weighted by Crippen LogP contribution is -2.38. The first-order chi connectivity index (χ1) is 8.74. The van der Waals surface area contributed by atoms with Crippen LogP contribution >= 0.6 is 0 Å². The molecular formula is C16H23NO. The Morgan fingerprint density at radius 1 is 1.50 bits per heavy atom. The molecule has 2 rings (SSSR count). The molecule has 2 nitrogen and oxygen atoms in total. The summed E-state index contributed by atoms with van der Waals surface area (Å²) >= 11 is 0. The number of para-hydroxylation sites is 1. The van der Waals surface area contributed by atoms with Crippen LogP contribution in [-0.4, -0.2) is 19.2 Å². The molecule has 0 spiro atoms. The van der Waals surface area contributed by atoms with Crippen molar-refractivity contribution in [1.29, 1.82) is 0 Å². The van der Waals surface area contributed by atoms with Crippen LogP contribution in [0.2, 0.25) is 0 Å². The van der Waals surface area contributed by atoms with Crippen molar-refractivity contribution < 1.29 is 4.74 Å². The Morgan fingerprint density at radius 3 is 3.00 bits per heavy atom. The van der Waals surface area contributed by atoms with Gasteiger partial charge in [-0.15, -0.1) is 0 Å². The first-order valence-electron chi connectivity index (χ1n) is 6.84. The predicted molar refractivity (Wildman–Crippen MR) is 76.2 cm³/mol. The van der Waals surface area contributed by atoms with Crippen LogP contribution in [0.3, 0.4) is 0 Å². The Morgan fingerprint density at radius 2 is 2.28 bits per heavy atom. The van der Waals surface area contributed by atoms with Gasteiger partial charge in [0.25, 0.3) is 0 Å². The maximum absolute atomic E-state index is 5.73. The molecule has 1 N–H and O–H groups in total. The maximum Gasteiger partial charge on any atom is 0.122 e. The number of hydrogen-bond acceptors (Lipinski definition) is 2. The topological polar surface area (TPSA) is 21.3 Å². The molecule has 0 saturated heterocycles. The van der Waals surface area contributed by atoms with Gasteiger partial charge >= 0.3 is 0 Å². The van der Waals surface area contributed by atoms with Crippen molar-refractivity contribution in [2.24, 2.45) is 0 Å². The van der Waals surface area contributed by atoms with Gasteiger partial charge in [-0.3, -0.25) is 0 Å². The maximum atomic E-state index is 5.73. The van der Waals surface area contributed by atoms with E-state index in [0.717, 1.165) is 31.7 Å². The quantitative estimate of drug-likeness (QED) is 0.802. The van der Waals surface area contributed by atoms with Gasteiger partial charge in [-0.05, 0) is 37.9 Å². The van der Waals surface area contributed by atoms with Crippen LogP contribution in [0.25, 0.3) is 0 Å². The standard InChI is InChI=1S/C16H23NO/c1-4-10-17-16(12(2)3)14-9-11-18-15-8-6-5-7-13(14)15/h5-8,14,16-17H,2,4,9-11H2,1,3H3. The highest BCUT2D eigenvalue weighted by molar-refractivity contribution is 5.40. The Balaban J connectivity index is 2.23. The van der Waals surface area contributed by atoms with Gasteiger partial charge in [0.2, 0.25) is 0 Å². The van der Waals surface area contributed by atoms with Gasteiger partial charge in [0.15, 0.2) is 0 Å². The van der Waals surface area contributed by atoms with Crippen molar-refractivity contribution in [1.82, 2.24) is 5.32 Å². The third-order valence-corrected chi connectivity index (χ3v) is 3.55. The average molecular weight is 245 g/mol. The van der Waals surface area contributed by atoms with E-state index in [0.29, 0.717) is 12.0 Å². The van der Waals surface area contributed by atoms with Crippen LogP contribution in [0.15, 0.2) is 36.4 Å². The first-order valence-corrected chi connectivity index (χ1v) is 6.84. The Kier molecular flexibility index (Phi) is 4.43. The molecular weight excluding hydrogens is 222 g/mol. The van der Waals surface area contributed by atoms with Crippen LogP contribution in [0.4, 0.5) is 0 Å². The molecule has 98 valence electrons. The molecule has 0 aromatic heterocycles. The third kappa shape index (κ3) is 2.75. The number of nitrogens with one attached hydrogen (secondary N) is 1. The van der Waals surface area contributed by atoms with E-state index in [4.69, 9.17) is 4.74 Å². The summed E-state index contributed by atoms with van der Waals surface area (Å²) in [5, 5.41) is 3.62. The second kappa shape index (κ2) is 6.05. The molecule has 18 heavy (non-hydrogen) atoms. The summed E-state index contributed by atoms with van der Waals surface area (Å²) in [6.07, 6.45) is 2.21. The normalized spacial score (nSPS) is 19.8. The monoisotopic (exact) mass is 245 g/mol. The molecule has 0 aliphatic carbocycles. The van der Waals surface area contributed by atoms with Crippen LogP contribution in [0, 0.1) is 0 Å². The highest BCUT2D eigenvalue weighted by atomic mass is 16.5. The second-order valence-electron chi connectivity index (χ2n) is 5.06. The van der Waals surface area contributed by atoms with E-state index >= 15 is 0 Å². The number of benzene rings is 1. The SMILES string of the molecule is C=C(C)C(NCCC)C1CCOc2ccccc21. The van der Waals surface area contributed by atoms with Crippen LogP contribution in [-0.2, 0) is 0 Å². The molecule has 2 unspecified atom stereocenters. The molecule has 0 saturated carbocycles. The molecule has 1 aliphatic rings. The number of rotatable bonds is 5. The molecule has 0 bridgehead atoms. The van der Waals surface area contributed by atoms with Crippen LogP contribution in [0.5, 0.6) is 5.75 Å². The van der Waals surface area contributed by atoms with Gasteiger partial charge in [0.05, 0.1) is 6.61 Å². The van der Waals surface area contributed by atoms with Gasteiger partial charge in [0, 0.05) is 12.0 Å². The summed E-state index contributed by atoms with van der Waals surface area (Å²) in [5.41, 5.74) is 2.53. The first kappa shape index (κ1) is 13.2. The fourth-order valence-corrected chi connectivity index (χ4v) is 2.68. The summed E-state index contributed by atoms with van der Waals surface area (Å²) in [7, 11) is 0. The van der Waals surface area contributed by atoms with E-state index < -0.39 is 0 Å². The molecule has 1 aromatic carbocycles. The van der Waals surface area contributed by atoms with E-state index in [9.17, 15) is 0 Å². The molecule has 0 fully saturated rings. The van der Waals surface area contributed by atoms with Gasteiger partial charge in [-0.25, -0.2) is 0 Å². The minimum absolute atomic E-state index is 0.356. The van der Waals surface area contributed by atoms with Crippen molar-refractivity contribution in [2.75, 3.05) is 13.2 Å². The van der Waals surface area contributed by atoms with Crippen molar-refractivity contribution in [3.63, 3.8) is 0 Å². The molecule has 2 heteroatoms. The number of ether oxygens (including phenoxy) is 1. The van der Waals surface area contributed by atoms with Gasteiger partial charge in [-0.2, -0.15) is 0 Å². The lowest BCUT2D eigenvalue weighted by Gasteiger charge is -2.33. The van der Waals surface area contributed by atoms with E-state index in [1.807, 2.05) is 6.07 Å². The zero-order valence-corrected chi connectivity index (χ0v) is 11.4. The Labute approximate surface area is 110 Å². The largest absolute Gasteiger partial charge is 0.493 e. The summed E-state index contributed by atoms with van der Waals surface area (Å²) in [6.45, 7) is 10.3. The highest BCUT2D eigenvalue weighted by Crippen LogP contribution is 2.37. The van der Waals surface area contributed by atoms with Crippen molar-refractivity contribution in [3.05, 3.63) is 42.0 Å². The highest BCUT2D eigenvalue weighted by Gasteiger charge is 2.28. The third-order valence-electron chi connectivity index (χ3n) is 3.55. The zero-order valence-electron chi connectivity index (χ0n) is 11.4.